The maximum Gasteiger partial charge on any atom is 0.224 e. The fourth-order valence-electron chi connectivity index (χ4n) is 2.48. The topological polar surface area (TPSA) is 41.6 Å². The van der Waals surface area contributed by atoms with Crippen molar-refractivity contribution in [3.05, 3.63) is 0 Å². The van der Waals surface area contributed by atoms with Crippen LogP contribution in [0.4, 0.5) is 0 Å². The average molecular weight is 226 g/mol. The highest BCUT2D eigenvalue weighted by Gasteiger charge is 2.18. The van der Waals surface area contributed by atoms with Crippen molar-refractivity contribution in [1.29, 1.82) is 0 Å². The van der Waals surface area contributed by atoms with Crippen LogP contribution >= 0.6 is 0 Å². The summed E-state index contributed by atoms with van der Waals surface area (Å²) in [7, 11) is 0. The molecule has 1 saturated heterocycles. The van der Waals surface area contributed by atoms with Crippen LogP contribution in [-0.2, 0) is 9.53 Å². The fourth-order valence-corrected chi connectivity index (χ4v) is 2.48. The second-order valence-electron chi connectivity index (χ2n) is 4.68. The van der Waals surface area contributed by atoms with E-state index in [0.29, 0.717) is 25.7 Å². The maximum atomic E-state index is 11.8. The molecule has 92 valence electrons. The van der Waals surface area contributed by atoms with E-state index in [4.69, 9.17) is 4.74 Å². The molecule has 2 fully saturated rings. The first-order chi connectivity index (χ1) is 7.86. The Kier molecular flexibility index (Phi) is 4.60. The minimum atomic E-state index is 0.272. The Balaban J connectivity index is 1.59. The highest BCUT2D eigenvalue weighted by Crippen LogP contribution is 2.17. The van der Waals surface area contributed by atoms with E-state index in [-0.39, 0.29) is 5.91 Å². The predicted octanol–water partition coefficient (Wildman–Crippen LogP) is 0.767. The molecule has 1 saturated carbocycles. The van der Waals surface area contributed by atoms with E-state index in [1.807, 2.05) is 4.90 Å². The van der Waals surface area contributed by atoms with Crippen molar-refractivity contribution in [1.82, 2.24) is 10.2 Å². The zero-order chi connectivity index (χ0) is 11.2. The van der Waals surface area contributed by atoms with Crippen LogP contribution in [0.25, 0.3) is 0 Å². The number of rotatable bonds is 4. The zero-order valence-electron chi connectivity index (χ0n) is 9.91. The van der Waals surface area contributed by atoms with Gasteiger partial charge in [0.05, 0.1) is 13.2 Å². The molecule has 0 aromatic rings. The Morgan fingerprint density at radius 3 is 2.62 bits per heavy atom. The number of ether oxygens (including phenoxy) is 1. The molecule has 4 nitrogen and oxygen atoms in total. The van der Waals surface area contributed by atoms with Gasteiger partial charge in [-0.25, -0.2) is 0 Å². The van der Waals surface area contributed by atoms with E-state index < -0.39 is 0 Å². The zero-order valence-corrected chi connectivity index (χ0v) is 9.91. The number of carbonyl (C=O) groups is 1. The van der Waals surface area contributed by atoms with Gasteiger partial charge in [-0.3, -0.25) is 4.79 Å². The Labute approximate surface area is 97.3 Å². The lowest BCUT2D eigenvalue weighted by molar-refractivity contribution is -0.135. The Morgan fingerprint density at radius 2 is 1.94 bits per heavy atom. The number of hydrogen-bond donors (Lipinski definition) is 1. The number of morpholine rings is 1. The summed E-state index contributed by atoms with van der Waals surface area (Å²) in [6.45, 7) is 3.76. The lowest BCUT2D eigenvalue weighted by Crippen LogP contribution is -2.42. The van der Waals surface area contributed by atoms with E-state index >= 15 is 0 Å². The van der Waals surface area contributed by atoms with Gasteiger partial charge in [0.15, 0.2) is 0 Å². The van der Waals surface area contributed by atoms with Crippen molar-refractivity contribution in [2.45, 2.75) is 38.1 Å². The standard InChI is InChI=1S/C12H22N2O2/c15-12(14-7-9-16-10-8-14)5-6-13-11-3-1-2-4-11/h11,13H,1-10H2. The minimum absolute atomic E-state index is 0.272. The van der Waals surface area contributed by atoms with Gasteiger partial charge in [0.2, 0.25) is 5.91 Å². The lowest BCUT2D eigenvalue weighted by Gasteiger charge is -2.27. The van der Waals surface area contributed by atoms with Crippen LogP contribution < -0.4 is 5.32 Å². The summed E-state index contributed by atoms with van der Waals surface area (Å²) in [5.41, 5.74) is 0. The number of hydrogen-bond acceptors (Lipinski definition) is 3. The average Bonchev–Trinajstić information content (AvgIpc) is 2.83. The van der Waals surface area contributed by atoms with E-state index in [0.717, 1.165) is 19.6 Å². The number of nitrogens with one attached hydrogen (secondary N) is 1. The van der Waals surface area contributed by atoms with Crippen molar-refractivity contribution < 1.29 is 9.53 Å². The van der Waals surface area contributed by atoms with Gasteiger partial charge in [0.25, 0.3) is 0 Å². The molecule has 1 amide bonds. The van der Waals surface area contributed by atoms with Gasteiger partial charge < -0.3 is 15.0 Å². The van der Waals surface area contributed by atoms with Gasteiger partial charge in [0, 0.05) is 32.1 Å². The van der Waals surface area contributed by atoms with Crippen LogP contribution in [0.2, 0.25) is 0 Å². The SMILES string of the molecule is O=C(CCNC1CCCC1)N1CCOCC1. The van der Waals surface area contributed by atoms with Gasteiger partial charge in [-0.15, -0.1) is 0 Å². The van der Waals surface area contributed by atoms with Crippen molar-refractivity contribution in [2.24, 2.45) is 0 Å². The van der Waals surface area contributed by atoms with Crippen LogP contribution in [0.5, 0.6) is 0 Å². The molecule has 16 heavy (non-hydrogen) atoms. The minimum Gasteiger partial charge on any atom is -0.378 e. The fraction of sp³-hybridized carbons (Fsp3) is 0.917. The quantitative estimate of drug-likeness (QED) is 0.770. The first-order valence-electron chi connectivity index (χ1n) is 6.45. The molecular formula is C12H22N2O2. The summed E-state index contributed by atoms with van der Waals surface area (Å²) < 4.78 is 5.23. The largest absolute Gasteiger partial charge is 0.378 e. The summed E-state index contributed by atoms with van der Waals surface area (Å²) in [6.07, 6.45) is 5.89. The molecule has 0 unspecified atom stereocenters. The molecule has 0 aromatic carbocycles. The van der Waals surface area contributed by atoms with Crippen LogP contribution in [0.1, 0.15) is 32.1 Å². The molecule has 2 rings (SSSR count). The van der Waals surface area contributed by atoms with E-state index in [1.165, 1.54) is 25.7 Å². The molecule has 0 spiro atoms. The Morgan fingerprint density at radius 1 is 1.25 bits per heavy atom. The molecule has 0 bridgehead atoms. The molecule has 1 aliphatic carbocycles. The monoisotopic (exact) mass is 226 g/mol. The molecule has 0 aromatic heterocycles. The van der Waals surface area contributed by atoms with Gasteiger partial charge in [-0.05, 0) is 12.8 Å². The second-order valence-corrected chi connectivity index (χ2v) is 4.68. The van der Waals surface area contributed by atoms with Crippen LogP contribution in [-0.4, -0.2) is 49.7 Å². The van der Waals surface area contributed by atoms with Gasteiger partial charge >= 0.3 is 0 Å². The molecule has 1 aliphatic heterocycles. The Hall–Kier alpha value is -0.610. The third kappa shape index (κ3) is 3.46. The number of carbonyl (C=O) groups excluding carboxylic acids is 1. The lowest BCUT2D eigenvalue weighted by atomic mass is 10.2. The normalized spacial score (nSPS) is 22.6. The van der Waals surface area contributed by atoms with E-state index in [9.17, 15) is 4.79 Å². The predicted molar refractivity (Wildman–Crippen MR) is 62.3 cm³/mol. The summed E-state index contributed by atoms with van der Waals surface area (Å²) in [5.74, 6) is 0.272. The Bertz CT molecular complexity index is 221. The molecule has 0 radical (unpaired) electrons. The van der Waals surface area contributed by atoms with Crippen molar-refractivity contribution in [3.63, 3.8) is 0 Å². The molecule has 2 aliphatic rings. The van der Waals surface area contributed by atoms with Crippen LogP contribution in [0, 0.1) is 0 Å². The highest BCUT2D eigenvalue weighted by atomic mass is 16.5. The first kappa shape index (κ1) is 11.9. The van der Waals surface area contributed by atoms with Gasteiger partial charge in [-0.1, -0.05) is 12.8 Å². The third-order valence-electron chi connectivity index (χ3n) is 3.49. The molecule has 1 heterocycles. The maximum absolute atomic E-state index is 11.8. The second kappa shape index (κ2) is 6.21. The number of nitrogens with zero attached hydrogens (tertiary/aromatic N) is 1. The summed E-state index contributed by atoms with van der Waals surface area (Å²) >= 11 is 0. The summed E-state index contributed by atoms with van der Waals surface area (Å²) in [6, 6.07) is 0.664. The van der Waals surface area contributed by atoms with E-state index in [2.05, 4.69) is 5.32 Å². The molecule has 1 N–H and O–H groups in total. The third-order valence-corrected chi connectivity index (χ3v) is 3.49. The smallest absolute Gasteiger partial charge is 0.224 e. The first-order valence-corrected chi connectivity index (χ1v) is 6.45. The molecule has 0 atom stereocenters. The highest BCUT2D eigenvalue weighted by molar-refractivity contribution is 5.76. The van der Waals surface area contributed by atoms with Crippen molar-refractivity contribution in [3.8, 4) is 0 Å². The van der Waals surface area contributed by atoms with E-state index in [1.54, 1.807) is 0 Å². The van der Waals surface area contributed by atoms with Crippen LogP contribution in [0.3, 0.4) is 0 Å². The number of amides is 1. The summed E-state index contributed by atoms with van der Waals surface area (Å²) in [4.78, 5) is 13.7. The molecule has 4 heteroatoms. The summed E-state index contributed by atoms with van der Waals surface area (Å²) in [5, 5.41) is 3.47. The van der Waals surface area contributed by atoms with Crippen LogP contribution in [0.15, 0.2) is 0 Å². The van der Waals surface area contributed by atoms with Crippen molar-refractivity contribution >= 4 is 5.91 Å². The van der Waals surface area contributed by atoms with Gasteiger partial charge in [0.1, 0.15) is 0 Å². The van der Waals surface area contributed by atoms with Crippen molar-refractivity contribution in [2.75, 3.05) is 32.8 Å². The van der Waals surface area contributed by atoms with Gasteiger partial charge in [-0.2, -0.15) is 0 Å². The molecular weight excluding hydrogens is 204 g/mol.